The van der Waals surface area contributed by atoms with Crippen LogP contribution in [0.1, 0.15) is 33.6 Å². The van der Waals surface area contributed by atoms with Gasteiger partial charge >= 0.3 is 0 Å². The van der Waals surface area contributed by atoms with Crippen molar-refractivity contribution in [3.63, 3.8) is 0 Å². The Balaban J connectivity index is 1.34. The first kappa shape index (κ1) is 41.7. The molecule has 0 bridgehead atoms. The van der Waals surface area contributed by atoms with Gasteiger partial charge in [0.05, 0.1) is 28.5 Å². The molecule has 0 saturated carbocycles. The number of rotatable bonds is 6. The van der Waals surface area contributed by atoms with Gasteiger partial charge in [0, 0.05) is 88.2 Å². The SMILES string of the molecule is Cc1ccc(P2(=O)c3cc(-c4cncc(C)c4)cc4c3N3c5c2cc(-c2cccc(C)n2)cc5P(=O)(c2ccc(C)cc2)c2cc(-c5cccc(C)n5)cc(c23)P4(=O)c2ccc(C)cc2)cc1. The van der Waals surface area contributed by atoms with E-state index >= 15 is 13.7 Å². The van der Waals surface area contributed by atoms with Gasteiger partial charge in [0.15, 0.2) is 21.4 Å². The molecule has 0 saturated heterocycles. The second-order valence-corrected chi connectivity index (χ2v) is 26.4. The quantitative estimate of drug-likeness (QED) is 0.153. The minimum atomic E-state index is -3.96. The number of pyridine rings is 3. The maximum Gasteiger partial charge on any atom is 0.175 e. The van der Waals surface area contributed by atoms with Crippen LogP contribution < -0.4 is 52.6 Å². The van der Waals surface area contributed by atoms with E-state index in [-0.39, 0.29) is 0 Å². The molecule has 3 aliphatic rings. The predicted molar refractivity (Wildman–Crippen MR) is 278 cm³/mol. The lowest BCUT2D eigenvalue weighted by Gasteiger charge is -2.49. The van der Waals surface area contributed by atoms with E-state index in [0.29, 0.717) is 87.3 Å². The zero-order chi connectivity index (χ0) is 46.1. The van der Waals surface area contributed by atoms with Crippen LogP contribution in [0.25, 0.3) is 33.6 Å². The van der Waals surface area contributed by atoms with Gasteiger partial charge in [-0.05, 0) is 119 Å². The van der Waals surface area contributed by atoms with E-state index in [2.05, 4.69) is 16.0 Å². The molecule has 0 aliphatic carbocycles. The van der Waals surface area contributed by atoms with Crippen LogP contribution in [0.5, 0.6) is 0 Å². The van der Waals surface area contributed by atoms with E-state index in [9.17, 15) is 0 Å². The molecule has 12 rings (SSSR count). The minimum Gasteiger partial charge on any atom is -0.308 e. The summed E-state index contributed by atoms with van der Waals surface area (Å²) >= 11 is 0. The lowest BCUT2D eigenvalue weighted by atomic mass is 10.0. The third-order valence-electron chi connectivity index (χ3n) is 13.7. The summed E-state index contributed by atoms with van der Waals surface area (Å²) in [5.74, 6) is 0. The summed E-state index contributed by atoms with van der Waals surface area (Å²) in [6.45, 7) is 12.0. The lowest BCUT2D eigenvalue weighted by molar-refractivity contribution is 0.592. The van der Waals surface area contributed by atoms with Crippen molar-refractivity contribution in [3.8, 4) is 33.6 Å². The number of hydrogen-bond donors (Lipinski definition) is 0. The van der Waals surface area contributed by atoms with Gasteiger partial charge in [-0.15, -0.1) is 0 Å². The highest BCUT2D eigenvalue weighted by atomic mass is 31.2. The van der Waals surface area contributed by atoms with E-state index in [4.69, 9.17) is 9.97 Å². The summed E-state index contributed by atoms with van der Waals surface area (Å²) in [4.78, 5) is 16.8. The Morgan fingerprint density at radius 3 is 1.03 bits per heavy atom. The Morgan fingerprint density at radius 2 is 0.701 bits per heavy atom. The lowest BCUT2D eigenvalue weighted by Crippen LogP contribution is -2.53. The molecule has 0 amide bonds. The molecular formula is C57H45N4O3P3. The number of aromatic nitrogens is 3. The van der Waals surface area contributed by atoms with Gasteiger partial charge in [-0.25, -0.2) is 0 Å². The van der Waals surface area contributed by atoms with Gasteiger partial charge in [-0.2, -0.15) is 0 Å². The van der Waals surface area contributed by atoms with Crippen molar-refractivity contribution in [2.75, 3.05) is 4.90 Å². The smallest absolute Gasteiger partial charge is 0.175 e. The van der Waals surface area contributed by atoms with Crippen LogP contribution in [0.3, 0.4) is 0 Å². The number of hydrogen-bond acceptors (Lipinski definition) is 7. The Kier molecular flexibility index (Phi) is 9.26. The molecule has 6 aromatic carbocycles. The van der Waals surface area contributed by atoms with Gasteiger partial charge in [-0.1, -0.05) is 102 Å². The number of anilines is 3. The molecule has 7 nitrogen and oxygen atoms in total. The third-order valence-corrected chi connectivity index (χ3v) is 22.9. The van der Waals surface area contributed by atoms with Crippen molar-refractivity contribution in [2.24, 2.45) is 0 Å². The second-order valence-electron chi connectivity index (χ2n) is 18.3. The van der Waals surface area contributed by atoms with Gasteiger partial charge in [0.25, 0.3) is 0 Å². The molecule has 0 spiro atoms. The van der Waals surface area contributed by atoms with Gasteiger partial charge < -0.3 is 18.6 Å². The molecule has 326 valence electrons. The molecule has 0 fully saturated rings. The highest BCUT2D eigenvalue weighted by Gasteiger charge is 2.56. The van der Waals surface area contributed by atoms with Gasteiger partial charge in [0.1, 0.15) is 0 Å². The van der Waals surface area contributed by atoms with Crippen LogP contribution in [0.2, 0.25) is 0 Å². The number of nitrogens with zero attached hydrogens (tertiary/aromatic N) is 4. The van der Waals surface area contributed by atoms with Crippen molar-refractivity contribution < 1.29 is 13.7 Å². The molecule has 2 atom stereocenters. The molecule has 3 aromatic heterocycles. The van der Waals surface area contributed by atoms with Crippen molar-refractivity contribution in [3.05, 3.63) is 198 Å². The molecule has 0 N–H and O–H groups in total. The average Bonchev–Trinajstić information content (AvgIpc) is 3.33. The summed E-state index contributed by atoms with van der Waals surface area (Å²) in [5, 5.41) is 5.26. The van der Waals surface area contributed by atoms with E-state index in [1.54, 1.807) is 0 Å². The highest BCUT2D eigenvalue weighted by molar-refractivity contribution is 7.90. The number of aryl methyl sites for hydroxylation is 6. The van der Waals surface area contributed by atoms with E-state index in [1.165, 1.54) is 0 Å². The normalized spacial score (nSPS) is 19.5. The molecule has 2 unspecified atom stereocenters. The predicted octanol–water partition coefficient (Wildman–Crippen LogP) is 10.1. The van der Waals surface area contributed by atoms with E-state index in [1.807, 2.05) is 200 Å². The first-order chi connectivity index (χ1) is 32.3. The van der Waals surface area contributed by atoms with Crippen molar-refractivity contribution in [1.82, 2.24) is 15.0 Å². The van der Waals surface area contributed by atoms with E-state index < -0.39 is 21.4 Å². The van der Waals surface area contributed by atoms with Gasteiger partial charge in [0.2, 0.25) is 0 Å². The minimum absolute atomic E-state index is 0.558. The Bertz CT molecular complexity index is 3270. The average molecular weight is 927 g/mol. The summed E-state index contributed by atoms with van der Waals surface area (Å²) in [7, 11) is -11.9. The summed E-state index contributed by atoms with van der Waals surface area (Å²) in [6, 6.07) is 49.8. The van der Waals surface area contributed by atoms with Gasteiger partial charge in [-0.3, -0.25) is 15.0 Å². The molecule has 10 heteroatoms. The van der Waals surface area contributed by atoms with Crippen molar-refractivity contribution >= 4 is 86.2 Å². The van der Waals surface area contributed by atoms with Crippen molar-refractivity contribution in [2.45, 2.75) is 41.5 Å². The highest BCUT2D eigenvalue weighted by Crippen LogP contribution is 2.66. The van der Waals surface area contributed by atoms with Crippen LogP contribution in [0, 0.1) is 41.5 Å². The Morgan fingerprint density at radius 1 is 0.358 bits per heavy atom. The molecule has 0 radical (unpaired) electrons. The maximum atomic E-state index is 17.6. The third kappa shape index (κ3) is 6.05. The van der Waals surface area contributed by atoms with Crippen LogP contribution in [0.15, 0.2) is 164 Å². The summed E-state index contributed by atoms with van der Waals surface area (Å²) < 4.78 is 52.9. The molecule has 3 aliphatic heterocycles. The second kappa shape index (κ2) is 14.9. The zero-order valence-electron chi connectivity index (χ0n) is 37.9. The van der Waals surface area contributed by atoms with Crippen LogP contribution in [-0.4, -0.2) is 15.0 Å². The number of benzene rings is 6. The Hall–Kier alpha value is -6.74. The van der Waals surface area contributed by atoms with Crippen LogP contribution >= 0.6 is 21.4 Å². The molecule has 67 heavy (non-hydrogen) atoms. The first-order valence-corrected chi connectivity index (χ1v) is 27.6. The van der Waals surface area contributed by atoms with E-state index in [0.717, 1.165) is 44.8 Å². The fraction of sp³-hybridized carbons (Fsp3) is 0.105. The largest absolute Gasteiger partial charge is 0.308 e. The molecule has 6 heterocycles. The molecule has 9 aromatic rings. The topological polar surface area (TPSA) is 93.1 Å². The summed E-state index contributed by atoms with van der Waals surface area (Å²) in [6.07, 6.45) is 3.64. The van der Waals surface area contributed by atoms with Crippen molar-refractivity contribution in [1.29, 1.82) is 0 Å². The van der Waals surface area contributed by atoms with Crippen LogP contribution in [-0.2, 0) is 13.7 Å². The fourth-order valence-corrected chi connectivity index (χ4v) is 19.8. The monoisotopic (exact) mass is 926 g/mol. The fourth-order valence-electron chi connectivity index (χ4n) is 10.3. The Labute approximate surface area is 390 Å². The standard InChI is InChI=1S/C57H45N4O3P3/c1-34-13-19-44(20-14-34)65(62)49-26-40(43-25-37(4)32-58-33-43)27-50-55(49)61-56-51(65)28-41(47-11-7-9-38(5)59-47)30-53(56)67(64,46-23-17-36(3)18-24-46)54-31-42(48-12-8-10-39(6)60-48)29-52(57(54)61)66(50,63)45-21-15-35(2)16-22-45/h7-33H,1-6H3. The van der Waals surface area contributed by atoms with Crippen LogP contribution in [0.4, 0.5) is 17.1 Å². The maximum absolute atomic E-state index is 17.6. The zero-order valence-corrected chi connectivity index (χ0v) is 40.6. The first-order valence-electron chi connectivity index (χ1n) is 22.5. The summed E-state index contributed by atoms with van der Waals surface area (Å²) in [5.41, 5.74) is 11.9. The molecular weight excluding hydrogens is 882 g/mol.